The summed E-state index contributed by atoms with van der Waals surface area (Å²) in [6, 6.07) is 13.8. The molecule has 22 heavy (non-hydrogen) atoms. The number of benzene rings is 2. The van der Waals surface area contributed by atoms with Crippen LogP contribution in [-0.4, -0.2) is 12.5 Å². The lowest BCUT2D eigenvalue weighted by Crippen LogP contribution is -2.21. The first-order chi connectivity index (χ1) is 10.5. The van der Waals surface area contributed by atoms with Crippen molar-refractivity contribution in [3.05, 3.63) is 59.2 Å². The van der Waals surface area contributed by atoms with E-state index in [1.54, 1.807) is 0 Å². The number of rotatable bonds is 5. The molecular weight excluding hydrogens is 274 g/mol. The number of aryl methyl sites for hydroxylation is 2. The van der Waals surface area contributed by atoms with Crippen molar-refractivity contribution in [2.24, 2.45) is 0 Å². The molecule has 0 bridgehead atoms. The summed E-state index contributed by atoms with van der Waals surface area (Å²) in [5.41, 5.74) is 4.17. The van der Waals surface area contributed by atoms with E-state index in [2.05, 4.69) is 19.2 Å². The average molecular weight is 297 g/mol. The van der Waals surface area contributed by atoms with Gasteiger partial charge in [-0.3, -0.25) is 4.79 Å². The van der Waals surface area contributed by atoms with Crippen LogP contribution in [-0.2, 0) is 4.79 Å². The second-order valence-electron chi connectivity index (χ2n) is 5.85. The van der Waals surface area contributed by atoms with Crippen LogP contribution in [0.4, 0.5) is 5.69 Å². The Hall–Kier alpha value is -2.29. The molecule has 0 aliphatic carbocycles. The molecule has 3 heteroatoms. The molecule has 0 heterocycles. The van der Waals surface area contributed by atoms with Gasteiger partial charge in [-0.25, -0.2) is 0 Å². The van der Waals surface area contributed by atoms with Crippen LogP contribution in [0, 0.1) is 13.8 Å². The molecular formula is C19H23NO2. The fourth-order valence-electron chi connectivity index (χ4n) is 2.37. The van der Waals surface area contributed by atoms with E-state index in [1.165, 1.54) is 5.56 Å². The summed E-state index contributed by atoms with van der Waals surface area (Å²) in [5, 5.41) is 2.89. The van der Waals surface area contributed by atoms with Crippen LogP contribution in [0.2, 0.25) is 0 Å². The van der Waals surface area contributed by atoms with Gasteiger partial charge in [0.15, 0.2) is 6.61 Å². The van der Waals surface area contributed by atoms with E-state index < -0.39 is 0 Å². The Kier molecular flexibility index (Phi) is 5.21. The molecule has 0 atom stereocenters. The zero-order valence-corrected chi connectivity index (χ0v) is 13.6. The molecule has 1 amide bonds. The summed E-state index contributed by atoms with van der Waals surface area (Å²) in [7, 11) is 0. The Morgan fingerprint density at radius 1 is 1.14 bits per heavy atom. The molecule has 0 aliphatic rings. The smallest absolute Gasteiger partial charge is 0.262 e. The van der Waals surface area contributed by atoms with Crippen molar-refractivity contribution in [2.75, 3.05) is 11.9 Å². The minimum atomic E-state index is -0.148. The van der Waals surface area contributed by atoms with E-state index in [-0.39, 0.29) is 12.5 Å². The number of carbonyl (C=O) groups is 1. The number of para-hydroxylation sites is 1. The third-order valence-corrected chi connectivity index (χ3v) is 3.56. The summed E-state index contributed by atoms with van der Waals surface area (Å²) in [4.78, 5) is 12.1. The summed E-state index contributed by atoms with van der Waals surface area (Å²) < 4.78 is 5.68. The van der Waals surface area contributed by atoms with Crippen molar-refractivity contribution in [1.29, 1.82) is 0 Å². The highest BCUT2D eigenvalue weighted by molar-refractivity contribution is 5.92. The van der Waals surface area contributed by atoms with E-state index in [1.807, 2.05) is 56.3 Å². The summed E-state index contributed by atoms with van der Waals surface area (Å²) in [6.07, 6.45) is 0. The van der Waals surface area contributed by atoms with Crippen molar-refractivity contribution in [2.45, 2.75) is 33.6 Å². The predicted molar refractivity (Wildman–Crippen MR) is 90.6 cm³/mol. The van der Waals surface area contributed by atoms with E-state index in [4.69, 9.17) is 4.74 Å². The number of ether oxygens (including phenoxy) is 1. The molecule has 0 aromatic heterocycles. The number of hydrogen-bond donors (Lipinski definition) is 1. The van der Waals surface area contributed by atoms with Gasteiger partial charge in [-0.2, -0.15) is 0 Å². The summed E-state index contributed by atoms with van der Waals surface area (Å²) >= 11 is 0. The fourth-order valence-corrected chi connectivity index (χ4v) is 2.37. The Balaban J connectivity index is 1.99. The van der Waals surface area contributed by atoms with Gasteiger partial charge in [0.2, 0.25) is 0 Å². The highest BCUT2D eigenvalue weighted by Gasteiger charge is 2.10. The van der Waals surface area contributed by atoms with Crippen LogP contribution in [0.5, 0.6) is 5.75 Å². The topological polar surface area (TPSA) is 38.3 Å². The van der Waals surface area contributed by atoms with Gasteiger partial charge in [-0.1, -0.05) is 49.7 Å². The van der Waals surface area contributed by atoms with Crippen molar-refractivity contribution < 1.29 is 9.53 Å². The first-order valence-electron chi connectivity index (χ1n) is 7.56. The van der Waals surface area contributed by atoms with E-state index >= 15 is 0 Å². The van der Waals surface area contributed by atoms with Crippen LogP contribution in [0.3, 0.4) is 0 Å². The Morgan fingerprint density at radius 2 is 1.86 bits per heavy atom. The van der Waals surface area contributed by atoms with Gasteiger partial charge < -0.3 is 10.1 Å². The van der Waals surface area contributed by atoms with Crippen molar-refractivity contribution >= 4 is 11.6 Å². The predicted octanol–water partition coefficient (Wildman–Crippen LogP) is 4.44. The van der Waals surface area contributed by atoms with Gasteiger partial charge in [0.25, 0.3) is 5.91 Å². The highest BCUT2D eigenvalue weighted by atomic mass is 16.5. The van der Waals surface area contributed by atoms with Gasteiger partial charge in [-0.05, 0) is 43.0 Å². The van der Waals surface area contributed by atoms with Crippen LogP contribution >= 0.6 is 0 Å². The maximum Gasteiger partial charge on any atom is 0.262 e. The molecule has 0 fully saturated rings. The van der Waals surface area contributed by atoms with Crippen LogP contribution in [0.15, 0.2) is 42.5 Å². The lowest BCUT2D eigenvalue weighted by atomic mass is 10.0. The Bertz CT molecular complexity index is 662. The van der Waals surface area contributed by atoms with Gasteiger partial charge >= 0.3 is 0 Å². The minimum Gasteiger partial charge on any atom is -0.483 e. The molecule has 2 aromatic carbocycles. The first-order valence-corrected chi connectivity index (χ1v) is 7.56. The molecule has 0 aliphatic heterocycles. The van der Waals surface area contributed by atoms with Crippen molar-refractivity contribution in [3.8, 4) is 5.75 Å². The zero-order chi connectivity index (χ0) is 16.1. The molecule has 0 radical (unpaired) electrons. The van der Waals surface area contributed by atoms with Crippen LogP contribution in [0.25, 0.3) is 0 Å². The molecule has 0 saturated carbocycles. The summed E-state index contributed by atoms with van der Waals surface area (Å²) in [6.45, 7) is 8.25. The van der Waals surface area contributed by atoms with E-state index in [0.29, 0.717) is 5.92 Å². The first kappa shape index (κ1) is 16.1. The standard InChI is InChI=1S/C19H23NO2/c1-13(2)16-7-5-6-8-18(16)22-12-19(21)20-17-10-9-14(3)11-15(17)4/h5-11,13H,12H2,1-4H3,(H,20,21). The third-order valence-electron chi connectivity index (χ3n) is 3.56. The lowest BCUT2D eigenvalue weighted by Gasteiger charge is -2.14. The average Bonchev–Trinajstić information content (AvgIpc) is 2.48. The number of nitrogens with one attached hydrogen (secondary N) is 1. The second kappa shape index (κ2) is 7.12. The fraction of sp³-hybridized carbons (Fsp3) is 0.316. The molecule has 116 valence electrons. The zero-order valence-electron chi connectivity index (χ0n) is 13.6. The maximum atomic E-state index is 12.1. The molecule has 0 saturated heterocycles. The summed E-state index contributed by atoms with van der Waals surface area (Å²) in [5.74, 6) is 0.984. The molecule has 1 N–H and O–H groups in total. The van der Waals surface area contributed by atoms with Gasteiger partial charge in [0.05, 0.1) is 0 Å². The number of anilines is 1. The highest BCUT2D eigenvalue weighted by Crippen LogP contribution is 2.25. The van der Waals surface area contributed by atoms with Crippen molar-refractivity contribution in [1.82, 2.24) is 0 Å². The van der Waals surface area contributed by atoms with Crippen LogP contribution < -0.4 is 10.1 Å². The van der Waals surface area contributed by atoms with Gasteiger partial charge in [0.1, 0.15) is 5.75 Å². The molecule has 0 spiro atoms. The van der Waals surface area contributed by atoms with E-state index in [0.717, 1.165) is 22.6 Å². The number of hydrogen-bond acceptors (Lipinski definition) is 2. The number of carbonyl (C=O) groups excluding carboxylic acids is 1. The van der Waals surface area contributed by atoms with Gasteiger partial charge in [0, 0.05) is 5.69 Å². The second-order valence-corrected chi connectivity index (χ2v) is 5.85. The number of amides is 1. The van der Waals surface area contributed by atoms with Gasteiger partial charge in [-0.15, -0.1) is 0 Å². The normalized spacial score (nSPS) is 10.6. The Labute approximate surface area is 132 Å². The molecule has 2 aromatic rings. The molecule has 3 nitrogen and oxygen atoms in total. The van der Waals surface area contributed by atoms with Crippen LogP contribution in [0.1, 0.15) is 36.5 Å². The Morgan fingerprint density at radius 3 is 2.55 bits per heavy atom. The molecule has 0 unspecified atom stereocenters. The largest absolute Gasteiger partial charge is 0.483 e. The minimum absolute atomic E-state index is 0.0110. The SMILES string of the molecule is Cc1ccc(NC(=O)COc2ccccc2C(C)C)c(C)c1. The lowest BCUT2D eigenvalue weighted by molar-refractivity contribution is -0.118. The third kappa shape index (κ3) is 4.10. The monoisotopic (exact) mass is 297 g/mol. The van der Waals surface area contributed by atoms with Crippen molar-refractivity contribution in [3.63, 3.8) is 0 Å². The maximum absolute atomic E-state index is 12.1. The quantitative estimate of drug-likeness (QED) is 0.885. The van der Waals surface area contributed by atoms with E-state index in [9.17, 15) is 4.79 Å². The molecule has 2 rings (SSSR count).